The third-order valence-electron chi connectivity index (χ3n) is 5.44. The zero-order valence-electron chi connectivity index (χ0n) is 17.0. The number of amides is 3. The summed E-state index contributed by atoms with van der Waals surface area (Å²) in [5, 5.41) is 15.1. The molecule has 2 aromatic carbocycles. The summed E-state index contributed by atoms with van der Waals surface area (Å²) in [4.78, 5) is 39.7. The van der Waals surface area contributed by atoms with E-state index in [1.165, 1.54) is 11.8 Å². The van der Waals surface area contributed by atoms with Gasteiger partial charge in [0, 0.05) is 6.54 Å². The van der Waals surface area contributed by atoms with E-state index in [-0.39, 0.29) is 23.5 Å². The predicted molar refractivity (Wildman–Crippen MR) is 122 cm³/mol. The van der Waals surface area contributed by atoms with Crippen LogP contribution in [0.15, 0.2) is 42.5 Å². The lowest BCUT2D eigenvalue weighted by molar-refractivity contribution is -0.122. The summed E-state index contributed by atoms with van der Waals surface area (Å²) < 4.78 is 0. The Labute approximate surface area is 184 Å². The molecule has 0 radical (unpaired) electrons. The molecule has 1 fully saturated rings. The number of carbonyl (C=O) groups excluding carboxylic acids is 3. The minimum atomic E-state index is -0.721. The number of rotatable bonds is 5. The van der Waals surface area contributed by atoms with Crippen LogP contribution in [0.1, 0.15) is 27.9 Å². The average molecular weight is 438 g/mol. The molecule has 31 heavy (non-hydrogen) atoms. The molecule has 2 aromatic rings. The molecule has 2 aliphatic heterocycles. The van der Waals surface area contributed by atoms with Gasteiger partial charge in [-0.15, -0.1) is 0 Å². The molecule has 0 spiro atoms. The maximum absolute atomic E-state index is 13.2. The molecule has 8 heteroatoms. The number of hydrogen-bond acceptors (Lipinski definition) is 5. The van der Waals surface area contributed by atoms with Crippen molar-refractivity contribution >= 4 is 47.3 Å². The Kier molecular flexibility index (Phi) is 5.99. The normalized spacial score (nSPS) is 20.2. The van der Waals surface area contributed by atoms with E-state index in [1.807, 2.05) is 24.5 Å². The van der Waals surface area contributed by atoms with Crippen molar-refractivity contribution in [3.63, 3.8) is 0 Å². The SMILES string of the molecule is CSCC(=O)N[C@H]1CCN2C(=O)c3cc(/C=C/c4ccc(O)cc4)ccc3NC(=O)[C@H]12. The number of carbonyl (C=O) groups is 3. The minimum Gasteiger partial charge on any atom is -0.508 e. The molecule has 0 aromatic heterocycles. The van der Waals surface area contributed by atoms with Crippen molar-refractivity contribution in [1.29, 1.82) is 0 Å². The number of nitrogens with zero attached hydrogens (tertiary/aromatic N) is 1. The standard InChI is InChI=1S/C23H23N3O4S/c1-31-13-20(28)24-19-10-11-26-21(19)22(29)25-18-9-6-15(12-17(18)23(26)30)3-2-14-4-7-16(27)8-5-14/h2-9,12,19,21,27H,10-11,13H2,1H3,(H,24,28)(H,25,29)/b3-2+/t19-,21-/m0/s1. The van der Waals surface area contributed by atoms with Crippen molar-refractivity contribution in [3.05, 3.63) is 59.2 Å². The van der Waals surface area contributed by atoms with Crippen LogP contribution < -0.4 is 10.6 Å². The number of hydrogen-bond donors (Lipinski definition) is 3. The Hall–Kier alpha value is -3.26. The van der Waals surface area contributed by atoms with Gasteiger partial charge >= 0.3 is 0 Å². The van der Waals surface area contributed by atoms with Crippen LogP contribution in [0.25, 0.3) is 12.2 Å². The van der Waals surface area contributed by atoms with E-state index in [0.717, 1.165) is 11.1 Å². The van der Waals surface area contributed by atoms with E-state index < -0.39 is 12.1 Å². The Morgan fingerprint density at radius 3 is 2.65 bits per heavy atom. The molecule has 1 saturated heterocycles. The lowest BCUT2D eigenvalue weighted by Crippen LogP contribution is -2.51. The first-order valence-electron chi connectivity index (χ1n) is 9.97. The summed E-state index contributed by atoms with van der Waals surface area (Å²) in [5.74, 6) is -0.128. The summed E-state index contributed by atoms with van der Waals surface area (Å²) in [5.41, 5.74) is 2.63. The third-order valence-corrected chi connectivity index (χ3v) is 5.99. The molecule has 2 atom stereocenters. The van der Waals surface area contributed by atoms with E-state index in [9.17, 15) is 19.5 Å². The van der Waals surface area contributed by atoms with Crippen molar-refractivity contribution in [2.75, 3.05) is 23.9 Å². The van der Waals surface area contributed by atoms with Gasteiger partial charge in [0.15, 0.2) is 0 Å². The number of aromatic hydroxyl groups is 1. The van der Waals surface area contributed by atoms with Crippen molar-refractivity contribution in [1.82, 2.24) is 10.2 Å². The monoisotopic (exact) mass is 437 g/mol. The number of benzene rings is 2. The van der Waals surface area contributed by atoms with Gasteiger partial charge in [-0.25, -0.2) is 0 Å². The predicted octanol–water partition coefficient (Wildman–Crippen LogP) is 2.58. The fourth-order valence-corrected chi connectivity index (χ4v) is 4.31. The Morgan fingerprint density at radius 2 is 1.90 bits per heavy atom. The number of phenols is 1. The van der Waals surface area contributed by atoms with Gasteiger partial charge in [-0.3, -0.25) is 14.4 Å². The first-order valence-corrected chi connectivity index (χ1v) is 11.4. The first kappa shape index (κ1) is 21.0. The molecule has 7 nitrogen and oxygen atoms in total. The van der Waals surface area contributed by atoms with Crippen LogP contribution in [0.5, 0.6) is 5.75 Å². The molecular weight excluding hydrogens is 414 g/mol. The van der Waals surface area contributed by atoms with Gasteiger partial charge in [-0.05, 0) is 48.1 Å². The van der Waals surface area contributed by atoms with Crippen LogP contribution in [0, 0.1) is 0 Å². The zero-order valence-corrected chi connectivity index (χ0v) is 17.8. The highest BCUT2D eigenvalue weighted by molar-refractivity contribution is 7.99. The molecule has 160 valence electrons. The van der Waals surface area contributed by atoms with Crippen LogP contribution in [0.2, 0.25) is 0 Å². The number of nitrogens with one attached hydrogen (secondary N) is 2. The smallest absolute Gasteiger partial charge is 0.256 e. The number of fused-ring (bicyclic) bond motifs is 2. The molecule has 0 aliphatic carbocycles. The average Bonchev–Trinajstić information content (AvgIpc) is 3.13. The topological polar surface area (TPSA) is 98.7 Å². The molecule has 0 bridgehead atoms. The first-order chi connectivity index (χ1) is 15.0. The van der Waals surface area contributed by atoms with E-state index in [2.05, 4.69) is 10.6 Å². The third kappa shape index (κ3) is 4.44. The number of anilines is 1. The highest BCUT2D eigenvalue weighted by Crippen LogP contribution is 2.30. The van der Waals surface area contributed by atoms with Gasteiger partial charge in [-0.1, -0.05) is 30.4 Å². The molecule has 3 N–H and O–H groups in total. The van der Waals surface area contributed by atoms with Crippen LogP contribution in [0.4, 0.5) is 5.69 Å². The molecule has 0 saturated carbocycles. The largest absolute Gasteiger partial charge is 0.508 e. The maximum atomic E-state index is 13.2. The van der Waals surface area contributed by atoms with Crippen molar-refractivity contribution in [3.8, 4) is 5.75 Å². The molecule has 0 unspecified atom stereocenters. The quantitative estimate of drug-likeness (QED) is 0.625. The molecule has 4 rings (SSSR count). The van der Waals surface area contributed by atoms with Gasteiger partial charge in [0.1, 0.15) is 11.8 Å². The molecule has 3 amide bonds. The summed E-state index contributed by atoms with van der Waals surface area (Å²) in [7, 11) is 0. The van der Waals surface area contributed by atoms with Crippen LogP contribution in [-0.4, -0.2) is 58.4 Å². The lowest BCUT2D eigenvalue weighted by Gasteiger charge is -2.24. The van der Waals surface area contributed by atoms with Crippen molar-refractivity contribution in [2.24, 2.45) is 0 Å². The summed E-state index contributed by atoms with van der Waals surface area (Å²) in [6, 6.07) is 11.0. The second kappa shape index (κ2) is 8.85. The molecular formula is C23H23N3O4S. The second-order valence-corrected chi connectivity index (χ2v) is 8.42. The number of thioether (sulfide) groups is 1. The fourth-order valence-electron chi connectivity index (χ4n) is 3.97. The van der Waals surface area contributed by atoms with Gasteiger partial charge in [0.25, 0.3) is 5.91 Å². The fraction of sp³-hybridized carbons (Fsp3) is 0.261. The van der Waals surface area contributed by atoms with E-state index in [4.69, 9.17) is 0 Å². The molecule has 2 heterocycles. The van der Waals surface area contributed by atoms with E-state index in [1.54, 1.807) is 41.3 Å². The zero-order chi connectivity index (χ0) is 22.0. The molecule has 2 aliphatic rings. The minimum absolute atomic E-state index is 0.136. The van der Waals surface area contributed by atoms with Crippen LogP contribution in [0.3, 0.4) is 0 Å². The Bertz CT molecular complexity index is 1050. The van der Waals surface area contributed by atoms with Crippen molar-refractivity contribution in [2.45, 2.75) is 18.5 Å². The Balaban J connectivity index is 1.57. The van der Waals surface area contributed by atoms with Crippen LogP contribution in [-0.2, 0) is 9.59 Å². The van der Waals surface area contributed by atoms with E-state index in [0.29, 0.717) is 30.0 Å². The van der Waals surface area contributed by atoms with E-state index >= 15 is 0 Å². The van der Waals surface area contributed by atoms with Gasteiger partial charge < -0.3 is 20.6 Å². The van der Waals surface area contributed by atoms with Crippen molar-refractivity contribution < 1.29 is 19.5 Å². The second-order valence-electron chi connectivity index (χ2n) is 7.56. The van der Waals surface area contributed by atoms with Crippen LogP contribution >= 0.6 is 11.8 Å². The van der Waals surface area contributed by atoms with Gasteiger partial charge in [0.2, 0.25) is 11.8 Å². The summed E-state index contributed by atoms with van der Waals surface area (Å²) >= 11 is 1.41. The Morgan fingerprint density at radius 1 is 1.19 bits per heavy atom. The van der Waals surface area contributed by atoms with Gasteiger partial charge in [-0.2, -0.15) is 11.8 Å². The summed E-state index contributed by atoms with van der Waals surface area (Å²) in [6.45, 7) is 0.411. The lowest BCUT2D eigenvalue weighted by atomic mass is 10.1. The number of phenolic OH excluding ortho intramolecular Hbond substituents is 1. The highest BCUT2D eigenvalue weighted by Gasteiger charge is 2.45. The highest BCUT2D eigenvalue weighted by atomic mass is 32.2. The summed E-state index contributed by atoms with van der Waals surface area (Å²) in [6.07, 6.45) is 6.14. The maximum Gasteiger partial charge on any atom is 0.256 e. The van der Waals surface area contributed by atoms with Gasteiger partial charge in [0.05, 0.1) is 23.0 Å².